The third kappa shape index (κ3) is 3.42. The van der Waals surface area contributed by atoms with Gasteiger partial charge in [0, 0.05) is 14.1 Å². The maximum atomic E-state index is 4.93. The SMILES string of the molecule is CN(C)c1[c-]c2c(cc1)-c1ccccc1C2.[Cl][Zr][Cl]. The van der Waals surface area contributed by atoms with Gasteiger partial charge in [-0.25, -0.2) is 0 Å². The second-order valence-corrected chi connectivity index (χ2v) is 8.27. The molecule has 0 atom stereocenters. The van der Waals surface area contributed by atoms with Gasteiger partial charge >= 0.3 is 37.9 Å². The van der Waals surface area contributed by atoms with Crippen molar-refractivity contribution in [3.8, 4) is 11.1 Å². The molecule has 0 N–H and O–H groups in total. The molecule has 1 aliphatic rings. The summed E-state index contributed by atoms with van der Waals surface area (Å²) in [6.07, 6.45) is 1.02. The third-order valence-corrected chi connectivity index (χ3v) is 3.17. The number of benzene rings is 2. The van der Waals surface area contributed by atoms with E-state index in [-0.39, 0.29) is 0 Å². The van der Waals surface area contributed by atoms with Crippen LogP contribution in [-0.2, 0) is 27.3 Å². The van der Waals surface area contributed by atoms with Crippen LogP contribution in [0, 0.1) is 6.07 Å². The topological polar surface area (TPSA) is 3.24 Å². The van der Waals surface area contributed by atoms with E-state index >= 15 is 0 Å². The molecule has 19 heavy (non-hydrogen) atoms. The fraction of sp³-hybridized carbons (Fsp3) is 0.200. The van der Waals surface area contributed by atoms with Crippen molar-refractivity contribution in [2.45, 2.75) is 6.42 Å². The number of halogens is 2. The molecule has 0 amide bonds. The minimum atomic E-state index is -0.826. The molecule has 0 bridgehead atoms. The van der Waals surface area contributed by atoms with E-state index in [2.05, 4.69) is 61.5 Å². The fourth-order valence-corrected chi connectivity index (χ4v) is 2.31. The first-order valence-corrected chi connectivity index (χ1v) is 12.3. The van der Waals surface area contributed by atoms with E-state index in [1.54, 1.807) is 0 Å². The second kappa shape index (κ2) is 6.93. The first kappa shape index (κ1) is 15.1. The molecule has 1 aliphatic carbocycles. The van der Waals surface area contributed by atoms with Gasteiger partial charge in [0.1, 0.15) is 0 Å². The van der Waals surface area contributed by atoms with Gasteiger partial charge in [-0.1, -0.05) is 41.1 Å². The molecular weight excluding hydrogens is 356 g/mol. The normalized spacial score (nSPS) is 10.9. The van der Waals surface area contributed by atoms with Crippen molar-refractivity contribution < 1.29 is 20.8 Å². The summed E-state index contributed by atoms with van der Waals surface area (Å²) >= 11 is -0.826. The van der Waals surface area contributed by atoms with Crippen molar-refractivity contribution in [3.63, 3.8) is 0 Å². The zero-order chi connectivity index (χ0) is 13.8. The molecule has 2 aromatic rings. The van der Waals surface area contributed by atoms with Gasteiger partial charge in [0.15, 0.2) is 0 Å². The Hall–Kier alpha value is -0.297. The Kier molecular flexibility index (Phi) is 5.50. The van der Waals surface area contributed by atoms with E-state index in [9.17, 15) is 0 Å². The van der Waals surface area contributed by atoms with Crippen LogP contribution < -0.4 is 4.90 Å². The Balaban J connectivity index is 0.000000408. The van der Waals surface area contributed by atoms with Crippen molar-refractivity contribution in [3.05, 3.63) is 53.6 Å². The number of hydrogen-bond donors (Lipinski definition) is 0. The summed E-state index contributed by atoms with van der Waals surface area (Å²) in [5.41, 5.74) is 6.63. The summed E-state index contributed by atoms with van der Waals surface area (Å²) in [6.45, 7) is 0. The Morgan fingerprint density at radius 2 is 1.74 bits per heavy atom. The van der Waals surface area contributed by atoms with Crippen molar-refractivity contribution in [1.82, 2.24) is 0 Å². The van der Waals surface area contributed by atoms with E-state index in [0.29, 0.717) is 0 Å². The fourth-order valence-electron chi connectivity index (χ4n) is 2.31. The van der Waals surface area contributed by atoms with Crippen LogP contribution in [0.5, 0.6) is 0 Å². The van der Waals surface area contributed by atoms with Crippen LogP contribution in [0.1, 0.15) is 11.1 Å². The number of fused-ring (bicyclic) bond motifs is 3. The predicted molar refractivity (Wildman–Crippen MR) is 79.6 cm³/mol. The van der Waals surface area contributed by atoms with Crippen molar-refractivity contribution >= 4 is 22.7 Å². The van der Waals surface area contributed by atoms with E-state index in [1.807, 2.05) is 0 Å². The molecular formula is C15H14Cl2NZr-. The quantitative estimate of drug-likeness (QED) is 0.570. The Morgan fingerprint density at radius 1 is 1.05 bits per heavy atom. The van der Waals surface area contributed by atoms with Crippen LogP contribution >= 0.6 is 17.0 Å². The second-order valence-electron chi connectivity index (χ2n) is 4.54. The van der Waals surface area contributed by atoms with E-state index in [4.69, 9.17) is 17.0 Å². The number of nitrogens with zero attached hydrogens (tertiary/aromatic N) is 1. The third-order valence-electron chi connectivity index (χ3n) is 3.17. The molecule has 0 spiro atoms. The van der Waals surface area contributed by atoms with Crippen LogP contribution in [0.2, 0.25) is 0 Å². The Morgan fingerprint density at radius 3 is 2.42 bits per heavy atom. The van der Waals surface area contributed by atoms with Gasteiger partial charge < -0.3 is 4.90 Å². The van der Waals surface area contributed by atoms with Gasteiger partial charge in [0.2, 0.25) is 0 Å². The van der Waals surface area contributed by atoms with Crippen molar-refractivity contribution in [1.29, 1.82) is 0 Å². The molecule has 98 valence electrons. The summed E-state index contributed by atoms with van der Waals surface area (Å²) in [5.74, 6) is 0. The summed E-state index contributed by atoms with van der Waals surface area (Å²) in [5, 5.41) is 0. The van der Waals surface area contributed by atoms with Gasteiger partial charge in [-0.15, -0.1) is 17.2 Å². The van der Waals surface area contributed by atoms with Gasteiger partial charge in [-0.05, 0) is 6.42 Å². The first-order valence-electron chi connectivity index (χ1n) is 5.94. The molecule has 0 heterocycles. The standard InChI is InChI=1S/C15H14N.2ClH.Zr/c1-16(2)13-7-8-15-12(10-13)9-11-5-3-4-6-14(11)15;;;/h3-8H,9H2,1-2H3;2*1H;/q-1;;;+2/p-2. The summed E-state index contributed by atoms with van der Waals surface area (Å²) in [4.78, 5) is 2.10. The average molecular weight is 370 g/mol. The Bertz CT molecular complexity index is 570. The monoisotopic (exact) mass is 368 g/mol. The van der Waals surface area contributed by atoms with Crippen molar-refractivity contribution in [2.75, 3.05) is 19.0 Å². The number of hydrogen-bond acceptors (Lipinski definition) is 1. The van der Waals surface area contributed by atoms with Gasteiger partial charge in [-0.2, -0.15) is 12.1 Å². The maximum absolute atomic E-state index is 4.93. The van der Waals surface area contributed by atoms with Gasteiger partial charge in [0.05, 0.1) is 0 Å². The molecule has 1 nitrogen and oxygen atoms in total. The van der Waals surface area contributed by atoms with Crippen LogP contribution in [0.15, 0.2) is 36.4 Å². The summed E-state index contributed by atoms with van der Waals surface area (Å²) in [6, 6.07) is 16.5. The van der Waals surface area contributed by atoms with Crippen molar-refractivity contribution in [2.24, 2.45) is 0 Å². The van der Waals surface area contributed by atoms with Gasteiger partial charge in [-0.3, -0.25) is 0 Å². The predicted octanol–water partition coefficient (Wildman–Crippen LogP) is 4.50. The summed E-state index contributed by atoms with van der Waals surface area (Å²) < 4.78 is 0. The average Bonchev–Trinajstić information content (AvgIpc) is 2.77. The first-order chi connectivity index (χ1) is 9.17. The Labute approximate surface area is 133 Å². The molecule has 0 radical (unpaired) electrons. The van der Waals surface area contributed by atoms with Crippen LogP contribution in [-0.4, -0.2) is 14.1 Å². The zero-order valence-corrected chi connectivity index (χ0v) is 14.8. The number of rotatable bonds is 1. The van der Waals surface area contributed by atoms with Gasteiger partial charge in [0.25, 0.3) is 0 Å². The zero-order valence-electron chi connectivity index (χ0n) is 10.9. The number of anilines is 1. The van der Waals surface area contributed by atoms with Crippen LogP contribution in [0.25, 0.3) is 11.1 Å². The van der Waals surface area contributed by atoms with Crippen LogP contribution in [0.3, 0.4) is 0 Å². The molecule has 2 aromatic carbocycles. The molecule has 0 saturated heterocycles. The molecule has 0 fully saturated rings. The van der Waals surface area contributed by atoms with E-state index in [0.717, 1.165) is 12.1 Å². The molecule has 0 aliphatic heterocycles. The minimum absolute atomic E-state index is 0.826. The molecule has 0 unspecified atom stereocenters. The van der Waals surface area contributed by atoms with E-state index < -0.39 is 20.8 Å². The van der Waals surface area contributed by atoms with E-state index in [1.165, 1.54) is 22.3 Å². The molecule has 0 saturated carbocycles. The summed E-state index contributed by atoms with van der Waals surface area (Å²) in [7, 11) is 14.0. The molecule has 4 heteroatoms. The molecule has 0 aromatic heterocycles. The van der Waals surface area contributed by atoms with Crippen LogP contribution in [0.4, 0.5) is 5.69 Å². The molecule has 3 rings (SSSR count).